The third-order valence-corrected chi connectivity index (χ3v) is 3.15. The molecule has 0 aromatic heterocycles. The van der Waals surface area contributed by atoms with Gasteiger partial charge < -0.3 is 15.2 Å². The van der Waals surface area contributed by atoms with Crippen LogP contribution in [0.3, 0.4) is 0 Å². The Morgan fingerprint density at radius 3 is 2.70 bits per heavy atom. The highest BCUT2D eigenvalue weighted by Crippen LogP contribution is 2.29. The second kappa shape index (κ2) is 5.20. The lowest BCUT2D eigenvalue weighted by atomic mass is 10.1. The molecule has 1 fully saturated rings. The van der Waals surface area contributed by atoms with Crippen molar-refractivity contribution in [2.75, 3.05) is 14.2 Å². The highest BCUT2D eigenvalue weighted by molar-refractivity contribution is 6.08. The smallest absolute Gasteiger partial charge is 0.255 e. The minimum Gasteiger partial charge on any atom is -0.504 e. The summed E-state index contributed by atoms with van der Waals surface area (Å²) in [5.74, 6) is -1.61. The number of rotatable bonds is 3. The number of carbonyl (C=O) groups is 3. The van der Waals surface area contributed by atoms with Crippen LogP contribution in [0.1, 0.15) is 16.8 Å². The molecule has 7 heteroatoms. The van der Waals surface area contributed by atoms with Crippen molar-refractivity contribution in [1.82, 2.24) is 10.2 Å². The fraction of sp³-hybridized carbons (Fsp3) is 0.308. The van der Waals surface area contributed by atoms with Crippen LogP contribution in [-0.4, -0.2) is 47.9 Å². The van der Waals surface area contributed by atoms with E-state index in [0.29, 0.717) is 0 Å². The average Bonchev–Trinajstić information content (AvgIpc) is 2.66. The molecule has 1 saturated heterocycles. The Bertz CT molecular complexity index is 584. The van der Waals surface area contributed by atoms with Gasteiger partial charge in [-0.25, -0.2) is 0 Å². The Labute approximate surface area is 115 Å². The summed E-state index contributed by atoms with van der Waals surface area (Å²) in [5.41, 5.74) is -0.0147. The minimum atomic E-state index is -0.898. The number of para-hydroxylation sites is 1. The first-order valence-electron chi connectivity index (χ1n) is 5.93. The van der Waals surface area contributed by atoms with Gasteiger partial charge in [0.05, 0.1) is 19.1 Å². The van der Waals surface area contributed by atoms with E-state index in [1.165, 1.54) is 26.3 Å². The zero-order chi connectivity index (χ0) is 14.9. The SMILES string of the molecule is COc1cccc(C(=O)NC2CC(=O)N(C)C2=O)c1O. The molecule has 1 heterocycles. The molecule has 20 heavy (non-hydrogen) atoms. The van der Waals surface area contributed by atoms with E-state index in [1.807, 2.05) is 0 Å². The molecule has 1 aromatic carbocycles. The van der Waals surface area contributed by atoms with Crippen LogP contribution in [0, 0.1) is 0 Å². The van der Waals surface area contributed by atoms with Gasteiger partial charge in [0.15, 0.2) is 11.5 Å². The first-order valence-corrected chi connectivity index (χ1v) is 5.93. The van der Waals surface area contributed by atoms with Crippen LogP contribution < -0.4 is 10.1 Å². The maximum Gasteiger partial charge on any atom is 0.255 e. The molecular weight excluding hydrogens is 264 g/mol. The monoisotopic (exact) mass is 278 g/mol. The third-order valence-electron chi connectivity index (χ3n) is 3.15. The number of likely N-dealkylation sites (N-methyl/N-ethyl adjacent to an activating group) is 1. The van der Waals surface area contributed by atoms with Crippen LogP contribution in [0.4, 0.5) is 0 Å². The second-order valence-electron chi connectivity index (χ2n) is 4.38. The number of amides is 3. The Morgan fingerprint density at radius 2 is 2.15 bits per heavy atom. The molecule has 1 aliphatic heterocycles. The standard InChI is InChI=1S/C13H14N2O5/c1-15-10(16)6-8(13(15)19)14-12(18)7-4-3-5-9(20-2)11(7)17/h3-5,8,17H,6H2,1-2H3,(H,14,18). The van der Waals surface area contributed by atoms with E-state index in [2.05, 4.69) is 5.32 Å². The van der Waals surface area contributed by atoms with Crippen molar-refractivity contribution in [3.8, 4) is 11.5 Å². The van der Waals surface area contributed by atoms with Gasteiger partial charge in [0.2, 0.25) is 5.91 Å². The number of phenolic OH excluding ortho intramolecular Hbond substituents is 1. The predicted molar refractivity (Wildman–Crippen MR) is 68.3 cm³/mol. The lowest BCUT2D eigenvalue weighted by Crippen LogP contribution is -2.40. The molecule has 7 nitrogen and oxygen atoms in total. The highest BCUT2D eigenvalue weighted by atomic mass is 16.5. The first-order chi connectivity index (χ1) is 9.45. The van der Waals surface area contributed by atoms with Crippen LogP contribution in [0.25, 0.3) is 0 Å². The lowest BCUT2D eigenvalue weighted by Gasteiger charge is -2.13. The van der Waals surface area contributed by atoms with Gasteiger partial charge in [-0.3, -0.25) is 19.3 Å². The van der Waals surface area contributed by atoms with Crippen LogP contribution >= 0.6 is 0 Å². The summed E-state index contributed by atoms with van der Waals surface area (Å²) in [4.78, 5) is 36.1. The summed E-state index contributed by atoms with van der Waals surface area (Å²) in [7, 11) is 2.73. The van der Waals surface area contributed by atoms with E-state index < -0.39 is 17.9 Å². The second-order valence-corrected chi connectivity index (χ2v) is 4.38. The third kappa shape index (κ3) is 2.29. The average molecular weight is 278 g/mol. The van der Waals surface area contributed by atoms with E-state index in [0.717, 1.165) is 4.90 Å². The maximum atomic E-state index is 12.0. The van der Waals surface area contributed by atoms with Crippen molar-refractivity contribution in [3.05, 3.63) is 23.8 Å². The van der Waals surface area contributed by atoms with E-state index in [1.54, 1.807) is 6.07 Å². The van der Waals surface area contributed by atoms with Crippen molar-refractivity contribution in [3.63, 3.8) is 0 Å². The quantitative estimate of drug-likeness (QED) is 0.752. The van der Waals surface area contributed by atoms with E-state index >= 15 is 0 Å². The number of benzene rings is 1. The number of nitrogens with one attached hydrogen (secondary N) is 1. The van der Waals surface area contributed by atoms with Crippen molar-refractivity contribution in [2.45, 2.75) is 12.5 Å². The van der Waals surface area contributed by atoms with Crippen LogP contribution in [0.2, 0.25) is 0 Å². The molecule has 2 rings (SSSR count). The summed E-state index contributed by atoms with van der Waals surface area (Å²) < 4.78 is 4.90. The van der Waals surface area contributed by atoms with Crippen LogP contribution in [0.15, 0.2) is 18.2 Å². The highest BCUT2D eigenvalue weighted by Gasteiger charge is 2.37. The predicted octanol–water partition coefficient (Wildman–Crippen LogP) is -0.112. The van der Waals surface area contributed by atoms with Crippen molar-refractivity contribution in [2.24, 2.45) is 0 Å². The summed E-state index contributed by atoms with van der Waals surface area (Å²) in [6, 6.07) is 3.55. The Kier molecular flexibility index (Phi) is 3.60. The zero-order valence-corrected chi connectivity index (χ0v) is 11.0. The van der Waals surface area contributed by atoms with E-state index in [4.69, 9.17) is 4.74 Å². The number of likely N-dealkylation sites (tertiary alicyclic amines) is 1. The molecule has 106 valence electrons. The maximum absolute atomic E-state index is 12.0. The molecule has 3 amide bonds. The van der Waals surface area contributed by atoms with Gasteiger partial charge >= 0.3 is 0 Å². The fourth-order valence-corrected chi connectivity index (χ4v) is 1.97. The number of hydrogen-bond acceptors (Lipinski definition) is 5. The Balaban J connectivity index is 2.18. The molecule has 1 unspecified atom stereocenters. The number of nitrogens with zero attached hydrogens (tertiary/aromatic N) is 1. The van der Waals surface area contributed by atoms with Gasteiger partial charge in [0.25, 0.3) is 11.8 Å². The first kappa shape index (κ1) is 13.9. The number of hydrogen-bond donors (Lipinski definition) is 2. The van der Waals surface area contributed by atoms with Gasteiger partial charge in [-0.05, 0) is 12.1 Å². The van der Waals surface area contributed by atoms with Gasteiger partial charge in [-0.2, -0.15) is 0 Å². The molecule has 1 aliphatic rings. The van der Waals surface area contributed by atoms with Crippen molar-refractivity contribution in [1.29, 1.82) is 0 Å². The Hall–Kier alpha value is -2.57. The van der Waals surface area contributed by atoms with Gasteiger partial charge in [0, 0.05) is 7.05 Å². The van der Waals surface area contributed by atoms with Gasteiger partial charge in [-0.1, -0.05) is 6.07 Å². The fourth-order valence-electron chi connectivity index (χ4n) is 1.97. The lowest BCUT2D eigenvalue weighted by molar-refractivity contribution is -0.137. The van der Waals surface area contributed by atoms with Crippen molar-refractivity contribution >= 4 is 17.7 Å². The number of phenols is 1. The number of carbonyl (C=O) groups excluding carboxylic acids is 3. The Morgan fingerprint density at radius 1 is 1.45 bits per heavy atom. The summed E-state index contributed by atoms with van der Waals surface area (Å²) in [6.45, 7) is 0. The van der Waals surface area contributed by atoms with Crippen molar-refractivity contribution < 1.29 is 24.2 Å². The van der Waals surface area contributed by atoms with E-state index in [9.17, 15) is 19.5 Å². The molecule has 0 bridgehead atoms. The number of aromatic hydroxyl groups is 1. The topological polar surface area (TPSA) is 95.9 Å². The van der Waals surface area contributed by atoms with Crippen LogP contribution in [-0.2, 0) is 9.59 Å². The van der Waals surface area contributed by atoms with Crippen LogP contribution in [0.5, 0.6) is 11.5 Å². The summed E-state index contributed by atoms with van der Waals surface area (Å²) >= 11 is 0. The molecule has 1 atom stereocenters. The molecule has 2 N–H and O–H groups in total. The normalized spacial score (nSPS) is 18.3. The number of ether oxygens (including phenoxy) is 1. The largest absolute Gasteiger partial charge is 0.504 e. The molecule has 0 spiro atoms. The van der Waals surface area contributed by atoms with E-state index in [-0.39, 0.29) is 29.4 Å². The summed E-state index contributed by atoms with van der Waals surface area (Å²) in [5, 5.41) is 12.3. The number of imide groups is 1. The zero-order valence-electron chi connectivity index (χ0n) is 11.0. The number of methoxy groups -OCH3 is 1. The summed E-state index contributed by atoms with van der Waals surface area (Å²) in [6.07, 6.45) is -0.0776. The minimum absolute atomic E-state index is 0.0147. The molecule has 0 aliphatic carbocycles. The van der Waals surface area contributed by atoms with Gasteiger partial charge in [-0.15, -0.1) is 0 Å². The molecule has 0 radical (unpaired) electrons. The van der Waals surface area contributed by atoms with Gasteiger partial charge in [0.1, 0.15) is 6.04 Å². The molecule has 1 aromatic rings. The molecular formula is C13H14N2O5. The molecule has 0 saturated carbocycles.